The van der Waals surface area contributed by atoms with Crippen LogP contribution in [-0.2, 0) is 19.1 Å². The van der Waals surface area contributed by atoms with E-state index in [4.69, 9.17) is 0 Å². The monoisotopic (exact) mass is 319 g/mol. The number of rotatable bonds is 6. The van der Waals surface area contributed by atoms with E-state index in [2.05, 4.69) is 14.5 Å². The van der Waals surface area contributed by atoms with Gasteiger partial charge in [-0.1, -0.05) is 30.3 Å². The van der Waals surface area contributed by atoms with Gasteiger partial charge in [0.15, 0.2) is 0 Å². The van der Waals surface area contributed by atoms with Gasteiger partial charge in [-0.25, -0.2) is 4.79 Å². The van der Waals surface area contributed by atoms with E-state index < -0.39 is 11.9 Å². The van der Waals surface area contributed by atoms with Gasteiger partial charge in [0.2, 0.25) is 0 Å². The molecule has 1 rings (SSSR count). The van der Waals surface area contributed by atoms with Gasteiger partial charge in [-0.05, 0) is 19.4 Å². The Morgan fingerprint density at radius 3 is 2.26 bits per heavy atom. The van der Waals surface area contributed by atoms with Crippen LogP contribution < -0.4 is 0 Å². The maximum absolute atomic E-state index is 11.9. The molecule has 0 saturated carbocycles. The predicted molar refractivity (Wildman–Crippen MR) is 86.3 cm³/mol. The summed E-state index contributed by atoms with van der Waals surface area (Å²) in [6.07, 6.45) is -0.240. The van der Waals surface area contributed by atoms with E-state index in [-0.39, 0.29) is 29.5 Å². The first-order chi connectivity index (χ1) is 10.9. The highest BCUT2D eigenvalue weighted by Crippen LogP contribution is 2.20. The van der Waals surface area contributed by atoms with Crippen LogP contribution in [0.5, 0.6) is 0 Å². The molecule has 0 radical (unpaired) electrons. The third-order valence-corrected chi connectivity index (χ3v) is 3.21. The van der Waals surface area contributed by atoms with Crippen molar-refractivity contribution in [3.05, 3.63) is 47.2 Å². The summed E-state index contributed by atoms with van der Waals surface area (Å²) in [4.78, 5) is 28.0. The lowest BCUT2D eigenvalue weighted by Gasteiger charge is -2.13. The fourth-order valence-corrected chi connectivity index (χ4v) is 2.02. The number of carbonyl (C=O) groups excluding carboxylic acids is 2. The Hall–Kier alpha value is -2.63. The van der Waals surface area contributed by atoms with E-state index in [1.165, 1.54) is 21.1 Å². The van der Waals surface area contributed by atoms with Crippen molar-refractivity contribution in [2.24, 2.45) is 4.99 Å². The predicted octanol–water partition coefficient (Wildman–Crippen LogP) is 2.76. The normalized spacial score (nSPS) is 13.8. The van der Waals surface area contributed by atoms with Gasteiger partial charge in [-0.3, -0.25) is 9.79 Å². The molecule has 0 saturated heterocycles. The SMILES string of the molecule is COC(=O)CC(=NC(C)c1ccccc1)C(C(=O)OC)=C(C)O. The third-order valence-electron chi connectivity index (χ3n) is 3.21. The molecule has 6 nitrogen and oxygen atoms in total. The molecule has 0 spiro atoms. The Balaban J connectivity index is 3.29. The van der Waals surface area contributed by atoms with Crippen LogP contribution in [0.1, 0.15) is 31.9 Å². The lowest BCUT2D eigenvalue weighted by atomic mass is 10.0. The molecule has 23 heavy (non-hydrogen) atoms. The number of hydrogen-bond donors (Lipinski definition) is 1. The number of benzene rings is 1. The zero-order valence-corrected chi connectivity index (χ0v) is 13.7. The van der Waals surface area contributed by atoms with Crippen LogP contribution >= 0.6 is 0 Å². The van der Waals surface area contributed by atoms with Crippen molar-refractivity contribution in [1.29, 1.82) is 0 Å². The lowest BCUT2D eigenvalue weighted by molar-refractivity contribution is -0.139. The average molecular weight is 319 g/mol. The standard InChI is InChI=1S/C17H21NO5/c1-11(13-8-6-5-7-9-13)18-14(10-15(20)22-3)16(12(2)19)17(21)23-4/h5-9,11,19H,10H2,1-4H3. The van der Waals surface area contributed by atoms with Gasteiger partial charge in [0.1, 0.15) is 11.3 Å². The summed E-state index contributed by atoms with van der Waals surface area (Å²) in [6, 6.07) is 9.09. The molecular weight excluding hydrogens is 298 g/mol. The van der Waals surface area contributed by atoms with E-state index in [9.17, 15) is 14.7 Å². The summed E-state index contributed by atoms with van der Waals surface area (Å²) in [5, 5.41) is 9.80. The Morgan fingerprint density at radius 1 is 1.17 bits per heavy atom. The first-order valence-corrected chi connectivity index (χ1v) is 7.07. The highest BCUT2D eigenvalue weighted by atomic mass is 16.5. The summed E-state index contributed by atoms with van der Waals surface area (Å²) in [5.41, 5.74) is 0.912. The molecule has 0 aliphatic heterocycles. The summed E-state index contributed by atoms with van der Waals surface area (Å²) < 4.78 is 9.30. The van der Waals surface area contributed by atoms with E-state index in [0.717, 1.165) is 5.56 Å². The highest BCUT2D eigenvalue weighted by Gasteiger charge is 2.24. The maximum Gasteiger partial charge on any atom is 0.343 e. The maximum atomic E-state index is 11.9. The van der Waals surface area contributed by atoms with Crippen LogP contribution in [0.2, 0.25) is 0 Å². The molecule has 6 heteroatoms. The molecule has 1 aromatic rings. The van der Waals surface area contributed by atoms with Crippen LogP contribution in [0, 0.1) is 0 Å². The number of hydrogen-bond acceptors (Lipinski definition) is 6. The largest absolute Gasteiger partial charge is 0.512 e. The van der Waals surface area contributed by atoms with Gasteiger partial charge in [0, 0.05) is 0 Å². The molecule has 0 aliphatic rings. The average Bonchev–Trinajstić information content (AvgIpc) is 2.54. The van der Waals surface area contributed by atoms with Crippen molar-refractivity contribution in [2.45, 2.75) is 26.3 Å². The number of carbonyl (C=O) groups is 2. The number of nitrogens with zero attached hydrogens (tertiary/aromatic N) is 1. The molecule has 1 aromatic carbocycles. The Morgan fingerprint density at radius 2 is 1.78 bits per heavy atom. The molecule has 0 fully saturated rings. The van der Waals surface area contributed by atoms with Crippen molar-refractivity contribution >= 4 is 17.7 Å². The van der Waals surface area contributed by atoms with Crippen molar-refractivity contribution in [3.63, 3.8) is 0 Å². The van der Waals surface area contributed by atoms with E-state index in [1.54, 1.807) is 0 Å². The number of ether oxygens (including phenoxy) is 2. The fourth-order valence-electron chi connectivity index (χ4n) is 2.02. The summed E-state index contributed by atoms with van der Waals surface area (Å²) >= 11 is 0. The fraction of sp³-hybridized carbons (Fsp3) is 0.353. The first-order valence-electron chi connectivity index (χ1n) is 7.07. The van der Waals surface area contributed by atoms with Crippen LogP contribution in [0.15, 0.2) is 46.7 Å². The topological polar surface area (TPSA) is 85.2 Å². The molecule has 0 amide bonds. The minimum absolute atomic E-state index is 0.124. The molecule has 0 aliphatic carbocycles. The molecule has 0 heterocycles. The summed E-state index contributed by atoms with van der Waals surface area (Å²) in [7, 11) is 2.44. The number of aliphatic imine (C=N–C) groups is 1. The molecular formula is C17H21NO5. The third kappa shape index (κ3) is 5.25. The molecule has 1 unspecified atom stereocenters. The van der Waals surface area contributed by atoms with Crippen molar-refractivity contribution in [1.82, 2.24) is 0 Å². The zero-order chi connectivity index (χ0) is 17.4. The molecule has 0 bridgehead atoms. The molecule has 0 aromatic heterocycles. The van der Waals surface area contributed by atoms with Gasteiger partial charge in [0.05, 0.1) is 32.4 Å². The summed E-state index contributed by atoms with van der Waals surface area (Å²) in [5.74, 6) is -1.58. The van der Waals surface area contributed by atoms with Gasteiger partial charge >= 0.3 is 11.9 Å². The Labute approximate surface area is 135 Å². The second-order valence-electron chi connectivity index (χ2n) is 4.87. The quantitative estimate of drug-likeness (QED) is 0.377. The van der Waals surface area contributed by atoms with Gasteiger partial charge in [-0.15, -0.1) is 0 Å². The van der Waals surface area contributed by atoms with E-state index in [0.29, 0.717) is 0 Å². The molecule has 124 valence electrons. The zero-order valence-electron chi connectivity index (χ0n) is 13.7. The van der Waals surface area contributed by atoms with Crippen LogP contribution in [0.3, 0.4) is 0 Å². The minimum Gasteiger partial charge on any atom is -0.512 e. The summed E-state index contributed by atoms with van der Waals surface area (Å²) in [6.45, 7) is 3.17. The van der Waals surface area contributed by atoms with Crippen LogP contribution in [0.4, 0.5) is 0 Å². The number of esters is 2. The Kier molecular flexibility index (Phi) is 6.99. The van der Waals surface area contributed by atoms with Crippen molar-refractivity contribution < 1.29 is 24.2 Å². The van der Waals surface area contributed by atoms with Gasteiger partial charge < -0.3 is 14.6 Å². The van der Waals surface area contributed by atoms with Gasteiger partial charge in [0.25, 0.3) is 0 Å². The number of methoxy groups -OCH3 is 2. The smallest absolute Gasteiger partial charge is 0.343 e. The minimum atomic E-state index is -0.757. The van der Waals surface area contributed by atoms with Crippen LogP contribution in [-0.4, -0.2) is 37.0 Å². The number of aliphatic hydroxyl groups excluding tert-OH is 1. The van der Waals surface area contributed by atoms with Crippen molar-refractivity contribution in [3.8, 4) is 0 Å². The lowest BCUT2D eigenvalue weighted by Crippen LogP contribution is -2.21. The van der Waals surface area contributed by atoms with E-state index >= 15 is 0 Å². The highest BCUT2D eigenvalue weighted by molar-refractivity contribution is 6.23. The molecule has 1 atom stereocenters. The number of aliphatic hydroxyl groups is 1. The number of allylic oxidation sites excluding steroid dienone is 1. The van der Waals surface area contributed by atoms with E-state index in [1.807, 2.05) is 37.3 Å². The Bertz CT molecular complexity index is 615. The second-order valence-corrected chi connectivity index (χ2v) is 4.87. The van der Waals surface area contributed by atoms with Crippen molar-refractivity contribution in [2.75, 3.05) is 14.2 Å². The van der Waals surface area contributed by atoms with Crippen LogP contribution in [0.25, 0.3) is 0 Å². The first kappa shape index (κ1) is 18.4. The van der Waals surface area contributed by atoms with Gasteiger partial charge in [-0.2, -0.15) is 0 Å². The second kappa shape index (κ2) is 8.73. The molecule has 1 N–H and O–H groups in total.